The smallest absolute Gasteiger partial charge is 0.305 e. The van der Waals surface area contributed by atoms with Crippen molar-refractivity contribution in [3.05, 3.63) is 59.7 Å². The van der Waals surface area contributed by atoms with Gasteiger partial charge in [0, 0.05) is 0 Å². The van der Waals surface area contributed by atoms with Crippen molar-refractivity contribution in [3.8, 4) is 5.75 Å². The number of benzene rings is 2. The number of rotatable bonds is 9. The minimum atomic E-state index is -3.84. The number of aliphatic carboxylic acids is 1. The maximum atomic E-state index is 12.6. The van der Waals surface area contributed by atoms with E-state index < -0.39 is 22.0 Å². The molecule has 26 heavy (non-hydrogen) atoms. The molecule has 2 N–H and O–H groups in total. The van der Waals surface area contributed by atoms with Crippen LogP contribution in [0.15, 0.2) is 53.4 Å². The Labute approximate surface area is 153 Å². The van der Waals surface area contributed by atoms with Crippen LogP contribution in [0.2, 0.25) is 0 Å². The standard InChI is InChI=1S/C19H23NO5S/c1-3-12-25-16-8-6-15(7-9-16)18(13-19(21)22)20-26(23,24)17-10-4-14(2)5-11-17/h4-11,18,20H,3,12-13H2,1-2H3,(H,21,22). The Morgan fingerprint density at radius 1 is 1.12 bits per heavy atom. The molecule has 0 heterocycles. The van der Waals surface area contributed by atoms with Crippen molar-refractivity contribution in [2.45, 2.75) is 37.6 Å². The molecule has 7 heteroatoms. The third-order valence-electron chi connectivity index (χ3n) is 3.76. The average molecular weight is 377 g/mol. The van der Waals surface area contributed by atoms with Crippen LogP contribution in [0.4, 0.5) is 0 Å². The number of ether oxygens (including phenoxy) is 1. The van der Waals surface area contributed by atoms with E-state index in [1.54, 1.807) is 36.4 Å². The summed E-state index contributed by atoms with van der Waals surface area (Å²) in [5.74, 6) is -0.431. The van der Waals surface area contributed by atoms with Gasteiger partial charge in [0.1, 0.15) is 5.75 Å². The topological polar surface area (TPSA) is 92.7 Å². The SMILES string of the molecule is CCCOc1ccc(C(CC(=O)O)NS(=O)(=O)c2ccc(C)cc2)cc1. The van der Waals surface area contributed by atoms with Crippen molar-refractivity contribution in [3.63, 3.8) is 0 Å². The lowest BCUT2D eigenvalue weighted by molar-refractivity contribution is -0.137. The Balaban J connectivity index is 2.24. The van der Waals surface area contributed by atoms with Crippen LogP contribution in [0.3, 0.4) is 0 Å². The highest BCUT2D eigenvalue weighted by molar-refractivity contribution is 7.89. The van der Waals surface area contributed by atoms with Gasteiger partial charge in [0.2, 0.25) is 10.0 Å². The number of aryl methyl sites for hydroxylation is 1. The van der Waals surface area contributed by atoms with Crippen LogP contribution < -0.4 is 9.46 Å². The molecule has 1 atom stereocenters. The van der Waals surface area contributed by atoms with Crippen molar-refractivity contribution in [2.75, 3.05) is 6.61 Å². The zero-order chi connectivity index (χ0) is 19.2. The first-order chi connectivity index (χ1) is 12.3. The molecule has 0 aliphatic carbocycles. The molecule has 0 saturated heterocycles. The molecule has 0 aromatic heterocycles. The van der Waals surface area contributed by atoms with Gasteiger partial charge in [-0.3, -0.25) is 4.79 Å². The fraction of sp³-hybridized carbons (Fsp3) is 0.316. The third kappa shape index (κ3) is 5.57. The zero-order valence-electron chi connectivity index (χ0n) is 14.8. The Hall–Kier alpha value is -2.38. The molecule has 2 aromatic rings. The molecular formula is C19H23NO5S. The molecule has 0 fully saturated rings. The molecule has 1 unspecified atom stereocenters. The predicted molar refractivity (Wildman–Crippen MR) is 98.7 cm³/mol. The van der Waals surface area contributed by atoms with Crippen LogP contribution in [0.1, 0.15) is 36.9 Å². The van der Waals surface area contributed by atoms with Gasteiger partial charge in [-0.25, -0.2) is 13.1 Å². The van der Waals surface area contributed by atoms with E-state index in [2.05, 4.69) is 4.72 Å². The molecule has 0 spiro atoms. The highest BCUT2D eigenvalue weighted by Crippen LogP contribution is 2.23. The van der Waals surface area contributed by atoms with Gasteiger partial charge in [-0.2, -0.15) is 0 Å². The lowest BCUT2D eigenvalue weighted by atomic mass is 10.0. The lowest BCUT2D eigenvalue weighted by Gasteiger charge is -2.18. The summed E-state index contributed by atoms with van der Waals surface area (Å²) in [6.07, 6.45) is 0.514. The summed E-state index contributed by atoms with van der Waals surface area (Å²) >= 11 is 0. The van der Waals surface area contributed by atoms with Crippen LogP contribution in [0.5, 0.6) is 5.75 Å². The monoisotopic (exact) mass is 377 g/mol. The van der Waals surface area contributed by atoms with E-state index in [9.17, 15) is 13.2 Å². The van der Waals surface area contributed by atoms with Gasteiger partial charge in [-0.05, 0) is 43.2 Å². The first-order valence-electron chi connectivity index (χ1n) is 8.35. The van der Waals surface area contributed by atoms with E-state index in [1.165, 1.54) is 12.1 Å². The molecular weight excluding hydrogens is 354 g/mol. The first kappa shape index (κ1) is 19.9. The van der Waals surface area contributed by atoms with Crippen molar-refractivity contribution >= 4 is 16.0 Å². The molecule has 0 radical (unpaired) electrons. The molecule has 6 nitrogen and oxygen atoms in total. The van der Waals surface area contributed by atoms with Gasteiger partial charge in [-0.15, -0.1) is 0 Å². The number of carboxylic acid groups (broad SMARTS) is 1. The summed E-state index contributed by atoms with van der Waals surface area (Å²) in [5.41, 5.74) is 1.50. The Bertz CT molecular complexity index is 829. The number of carboxylic acids is 1. The molecule has 0 amide bonds. The fourth-order valence-corrected chi connectivity index (χ4v) is 3.62. The lowest BCUT2D eigenvalue weighted by Crippen LogP contribution is -2.30. The fourth-order valence-electron chi connectivity index (χ4n) is 2.39. The van der Waals surface area contributed by atoms with E-state index in [4.69, 9.17) is 9.84 Å². The number of carbonyl (C=O) groups is 1. The van der Waals surface area contributed by atoms with Crippen LogP contribution in [0, 0.1) is 6.92 Å². The summed E-state index contributed by atoms with van der Waals surface area (Å²) in [4.78, 5) is 11.3. The van der Waals surface area contributed by atoms with Gasteiger partial charge in [0.15, 0.2) is 0 Å². The Morgan fingerprint density at radius 2 is 1.73 bits per heavy atom. The second kappa shape index (κ2) is 8.82. The van der Waals surface area contributed by atoms with Crippen LogP contribution >= 0.6 is 0 Å². The first-order valence-corrected chi connectivity index (χ1v) is 9.83. The summed E-state index contributed by atoms with van der Waals surface area (Å²) in [7, 11) is -3.84. The largest absolute Gasteiger partial charge is 0.494 e. The van der Waals surface area contributed by atoms with Gasteiger partial charge in [0.25, 0.3) is 0 Å². The number of nitrogens with one attached hydrogen (secondary N) is 1. The summed E-state index contributed by atoms with van der Waals surface area (Å²) in [6, 6.07) is 12.3. The van der Waals surface area contributed by atoms with Gasteiger partial charge >= 0.3 is 5.97 Å². The summed E-state index contributed by atoms with van der Waals surface area (Å²) in [5, 5.41) is 9.16. The van der Waals surface area contributed by atoms with Gasteiger partial charge < -0.3 is 9.84 Å². The van der Waals surface area contributed by atoms with Crippen molar-refractivity contribution in [2.24, 2.45) is 0 Å². The molecule has 0 aliphatic rings. The highest BCUT2D eigenvalue weighted by Gasteiger charge is 2.23. The summed E-state index contributed by atoms with van der Waals surface area (Å²) < 4.78 is 33.2. The molecule has 0 aliphatic heterocycles. The number of hydrogen-bond acceptors (Lipinski definition) is 4. The quantitative estimate of drug-likeness (QED) is 0.700. The number of hydrogen-bond donors (Lipinski definition) is 2. The third-order valence-corrected chi connectivity index (χ3v) is 5.25. The minimum Gasteiger partial charge on any atom is -0.494 e. The van der Waals surface area contributed by atoms with E-state index >= 15 is 0 Å². The van der Waals surface area contributed by atoms with E-state index in [1.807, 2.05) is 13.8 Å². The van der Waals surface area contributed by atoms with Gasteiger partial charge in [0.05, 0.1) is 24.0 Å². The maximum absolute atomic E-state index is 12.6. The summed E-state index contributed by atoms with van der Waals surface area (Å²) in [6.45, 7) is 4.44. The molecule has 2 rings (SSSR count). The minimum absolute atomic E-state index is 0.0985. The Morgan fingerprint density at radius 3 is 2.27 bits per heavy atom. The van der Waals surface area contributed by atoms with Crippen molar-refractivity contribution in [1.82, 2.24) is 4.72 Å². The highest BCUT2D eigenvalue weighted by atomic mass is 32.2. The molecule has 0 bridgehead atoms. The van der Waals surface area contributed by atoms with Crippen LogP contribution in [-0.4, -0.2) is 26.1 Å². The second-order valence-corrected chi connectivity index (χ2v) is 7.72. The van der Waals surface area contributed by atoms with Gasteiger partial charge in [-0.1, -0.05) is 36.8 Å². The van der Waals surface area contributed by atoms with E-state index in [0.717, 1.165) is 12.0 Å². The van der Waals surface area contributed by atoms with Crippen molar-refractivity contribution < 1.29 is 23.1 Å². The normalized spacial score (nSPS) is 12.5. The van der Waals surface area contributed by atoms with E-state index in [-0.39, 0.29) is 11.3 Å². The predicted octanol–water partition coefficient (Wildman–Crippen LogP) is 3.28. The molecule has 140 valence electrons. The van der Waals surface area contributed by atoms with E-state index in [0.29, 0.717) is 17.9 Å². The second-order valence-electron chi connectivity index (χ2n) is 6.00. The Kier molecular flexibility index (Phi) is 6.76. The van der Waals surface area contributed by atoms with Crippen molar-refractivity contribution in [1.29, 1.82) is 0 Å². The average Bonchev–Trinajstić information content (AvgIpc) is 2.59. The van der Waals surface area contributed by atoms with Crippen LogP contribution in [-0.2, 0) is 14.8 Å². The maximum Gasteiger partial charge on any atom is 0.305 e. The number of sulfonamides is 1. The molecule has 0 saturated carbocycles. The zero-order valence-corrected chi connectivity index (χ0v) is 15.6. The molecule has 2 aromatic carbocycles. The van der Waals surface area contributed by atoms with Crippen LogP contribution in [0.25, 0.3) is 0 Å².